The fraction of sp³-hybridized carbons (Fsp3) is 0.107. The number of carbonyl (C=O) groups is 1. The molecule has 174 valence electrons. The highest BCUT2D eigenvalue weighted by Crippen LogP contribution is 2.32. The zero-order valence-electron chi connectivity index (χ0n) is 19.1. The molecule has 0 aliphatic heterocycles. The smallest absolute Gasteiger partial charge is 0.337 e. The second kappa shape index (κ2) is 8.95. The summed E-state index contributed by atoms with van der Waals surface area (Å²) < 4.78 is 11.6. The van der Waals surface area contributed by atoms with Gasteiger partial charge in [0.2, 0.25) is 5.89 Å². The van der Waals surface area contributed by atoms with Gasteiger partial charge in [0.05, 0.1) is 23.2 Å². The monoisotopic (exact) mass is 466 g/mol. The minimum absolute atomic E-state index is 0.152. The first kappa shape index (κ1) is 22.2. The topological polar surface area (TPSA) is 106 Å². The number of carboxylic acids is 1. The van der Waals surface area contributed by atoms with Crippen LogP contribution in [0.1, 0.15) is 34.5 Å². The van der Waals surface area contributed by atoms with E-state index in [0.717, 1.165) is 22.3 Å². The maximum atomic E-state index is 13.1. The second-order valence-corrected chi connectivity index (χ2v) is 8.34. The Balaban J connectivity index is 1.57. The normalized spacial score (nSPS) is 11.9. The van der Waals surface area contributed by atoms with Crippen LogP contribution in [0.15, 0.2) is 92.8 Å². The Morgan fingerprint density at radius 3 is 2.49 bits per heavy atom. The number of nitrogens with zero attached hydrogens (tertiary/aromatic N) is 1. The summed E-state index contributed by atoms with van der Waals surface area (Å²) in [5, 5.41) is 13.3. The van der Waals surface area contributed by atoms with Crippen LogP contribution >= 0.6 is 0 Å². The Labute approximate surface area is 200 Å². The van der Waals surface area contributed by atoms with E-state index in [2.05, 4.69) is 10.3 Å². The highest BCUT2D eigenvalue weighted by atomic mass is 16.4. The van der Waals surface area contributed by atoms with Gasteiger partial charge < -0.3 is 19.3 Å². The highest BCUT2D eigenvalue weighted by molar-refractivity contribution is 5.94. The summed E-state index contributed by atoms with van der Waals surface area (Å²) in [5.74, 6) is -0.0723. The molecule has 2 heterocycles. The summed E-state index contributed by atoms with van der Waals surface area (Å²) in [7, 11) is 0. The molecule has 0 bridgehead atoms. The summed E-state index contributed by atoms with van der Waals surface area (Å²) >= 11 is 0. The largest absolute Gasteiger partial charge is 0.478 e. The number of nitrogens with one attached hydrogen (secondary N) is 1. The van der Waals surface area contributed by atoms with Crippen LogP contribution in [-0.2, 0) is 0 Å². The zero-order valence-corrected chi connectivity index (χ0v) is 19.1. The van der Waals surface area contributed by atoms with Gasteiger partial charge in [-0.2, -0.15) is 0 Å². The Hall–Kier alpha value is -4.65. The van der Waals surface area contributed by atoms with E-state index >= 15 is 0 Å². The average molecular weight is 466 g/mol. The molecule has 35 heavy (non-hydrogen) atoms. The van der Waals surface area contributed by atoms with Crippen LogP contribution in [0, 0.1) is 6.92 Å². The summed E-state index contributed by atoms with van der Waals surface area (Å²) in [6.07, 6.45) is 3.10. The van der Waals surface area contributed by atoms with Crippen LogP contribution in [-0.4, -0.2) is 16.1 Å². The quantitative estimate of drug-likeness (QED) is 0.303. The van der Waals surface area contributed by atoms with Crippen molar-refractivity contribution in [1.82, 2.24) is 4.98 Å². The van der Waals surface area contributed by atoms with Gasteiger partial charge in [0.1, 0.15) is 17.6 Å². The number of anilines is 1. The van der Waals surface area contributed by atoms with Gasteiger partial charge in [0, 0.05) is 28.4 Å². The molecular weight excluding hydrogens is 444 g/mol. The molecule has 2 aromatic heterocycles. The third-order valence-electron chi connectivity index (χ3n) is 5.85. The van der Waals surface area contributed by atoms with Crippen LogP contribution in [0.5, 0.6) is 0 Å². The molecule has 0 saturated heterocycles. The first-order valence-corrected chi connectivity index (χ1v) is 11.1. The molecule has 0 fully saturated rings. The van der Waals surface area contributed by atoms with Crippen molar-refractivity contribution < 1.29 is 18.7 Å². The molecule has 0 unspecified atom stereocenters. The average Bonchev–Trinajstić information content (AvgIpc) is 3.39. The molecular formula is C28H22N2O5. The zero-order chi connectivity index (χ0) is 24.5. The van der Waals surface area contributed by atoms with Gasteiger partial charge in [-0.15, -0.1) is 0 Å². The van der Waals surface area contributed by atoms with E-state index in [9.17, 15) is 14.7 Å². The van der Waals surface area contributed by atoms with Gasteiger partial charge in [0.25, 0.3) is 0 Å². The maximum Gasteiger partial charge on any atom is 0.337 e. The third kappa shape index (κ3) is 4.31. The van der Waals surface area contributed by atoms with Crippen LogP contribution in [0.4, 0.5) is 5.69 Å². The molecule has 2 N–H and O–H groups in total. The molecule has 7 heteroatoms. The van der Waals surface area contributed by atoms with Gasteiger partial charge in [0.15, 0.2) is 5.43 Å². The van der Waals surface area contributed by atoms with Gasteiger partial charge in [-0.1, -0.05) is 30.3 Å². The molecule has 7 nitrogen and oxygen atoms in total. The Bertz CT molecular complexity index is 1580. The summed E-state index contributed by atoms with van der Waals surface area (Å²) in [5.41, 5.74) is 4.19. The molecule has 0 saturated carbocycles. The molecule has 0 amide bonds. The van der Waals surface area contributed by atoms with E-state index in [1.54, 1.807) is 36.5 Å². The van der Waals surface area contributed by atoms with Crippen molar-refractivity contribution in [2.75, 3.05) is 5.32 Å². The number of carboxylic acid groups (broad SMARTS) is 1. The lowest BCUT2D eigenvalue weighted by Gasteiger charge is -2.19. The van der Waals surface area contributed by atoms with Crippen LogP contribution in [0.2, 0.25) is 0 Å². The van der Waals surface area contributed by atoms with E-state index < -0.39 is 5.97 Å². The van der Waals surface area contributed by atoms with E-state index in [1.807, 2.05) is 44.2 Å². The van der Waals surface area contributed by atoms with Gasteiger partial charge in [-0.3, -0.25) is 4.79 Å². The predicted octanol–water partition coefficient (Wildman–Crippen LogP) is 6.29. The molecule has 0 spiro atoms. The van der Waals surface area contributed by atoms with Crippen molar-refractivity contribution in [1.29, 1.82) is 0 Å². The van der Waals surface area contributed by atoms with Crippen LogP contribution < -0.4 is 10.7 Å². The number of hydrogen-bond acceptors (Lipinski definition) is 6. The van der Waals surface area contributed by atoms with Crippen molar-refractivity contribution in [2.45, 2.75) is 19.9 Å². The molecule has 1 atom stereocenters. The number of aryl methyl sites for hydroxylation is 1. The minimum atomic E-state index is -1.02. The lowest BCUT2D eigenvalue weighted by Crippen LogP contribution is -2.12. The number of rotatable bonds is 6. The van der Waals surface area contributed by atoms with Crippen molar-refractivity contribution in [2.24, 2.45) is 0 Å². The lowest BCUT2D eigenvalue weighted by molar-refractivity contribution is 0.0698. The molecule has 0 aliphatic rings. The van der Waals surface area contributed by atoms with Gasteiger partial charge >= 0.3 is 5.97 Å². The minimum Gasteiger partial charge on any atom is -0.478 e. The second-order valence-electron chi connectivity index (χ2n) is 8.34. The Kier molecular flexibility index (Phi) is 5.66. The molecule has 3 aromatic carbocycles. The standard InChI is InChI=1S/C28H22N2O5/c1-16-13-21(17(2)30-23-6-4-3-5-20(23)28(32)33)26-22(14-16)24(31)15-25(35-26)18-7-9-19(10-8-18)27-29-11-12-34-27/h3-15,17,30H,1-2H3,(H,32,33)/t17-/m1/s1. The molecule has 5 rings (SSSR count). The van der Waals surface area contributed by atoms with E-state index in [4.69, 9.17) is 8.83 Å². The fourth-order valence-electron chi connectivity index (χ4n) is 4.15. The molecule has 0 radical (unpaired) electrons. The number of benzene rings is 3. The lowest BCUT2D eigenvalue weighted by atomic mass is 10.00. The Morgan fingerprint density at radius 2 is 1.77 bits per heavy atom. The molecule has 0 aliphatic carbocycles. The van der Waals surface area contributed by atoms with E-state index in [1.165, 1.54) is 12.3 Å². The number of hydrogen-bond donors (Lipinski definition) is 2. The Morgan fingerprint density at radius 1 is 1.03 bits per heavy atom. The van der Waals surface area contributed by atoms with Crippen LogP contribution in [0.25, 0.3) is 33.7 Å². The van der Waals surface area contributed by atoms with Crippen LogP contribution in [0.3, 0.4) is 0 Å². The van der Waals surface area contributed by atoms with Crippen molar-refractivity contribution in [3.8, 4) is 22.8 Å². The SMILES string of the molecule is Cc1cc([C@@H](C)Nc2ccccc2C(=O)O)c2oc(-c3ccc(-c4ncco4)cc3)cc(=O)c2c1. The first-order valence-electron chi connectivity index (χ1n) is 11.1. The van der Waals surface area contributed by atoms with Crippen molar-refractivity contribution in [3.63, 3.8) is 0 Å². The van der Waals surface area contributed by atoms with E-state index in [-0.39, 0.29) is 17.0 Å². The van der Waals surface area contributed by atoms with Crippen molar-refractivity contribution >= 4 is 22.6 Å². The van der Waals surface area contributed by atoms with E-state index in [0.29, 0.717) is 28.3 Å². The summed E-state index contributed by atoms with van der Waals surface area (Å²) in [6.45, 7) is 3.82. The maximum absolute atomic E-state index is 13.1. The molecule has 5 aromatic rings. The predicted molar refractivity (Wildman–Crippen MR) is 134 cm³/mol. The van der Waals surface area contributed by atoms with Crippen molar-refractivity contribution in [3.05, 3.63) is 106 Å². The number of para-hydroxylation sites is 1. The number of aromatic nitrogens is 1. The summed E-state index contributed by atoms with van der Waals surface area (Å²) in [6, 6.07) is 19.0. The number of fused-ring (bicyclic) bond motifs is 1. The number of oxazole rings is 1. The van der Waals surface area contributed by atoms with Gasteiger partial charge in [-0.05, 0) is 49.7 Å². The summed E-state index contributed by atoms with van der Waals surface area (Å²) in [4.78, 5) is 28.9. The first-order chi connectivity index (χ1) is 16.9. The third-order valence-corrected chi connectivity index (χ3v) is 5.85. The fourth-order valence-corrected chi connectivity index (χ4v) is 4.15. The van der Waals surface area contributed by atoms with Gasteiger partial charge in [-0.25, -0.2) is 9.78 Å². The number of aromatic carboxylic acids is 1. The highest BCUT2D eigenvalue weighted by Gasteiger charge is 2.18.